The van der Waals surface area contributed by atoms with Gasteiger partial charge in [-0.1, -0.05) is 19.4 Å². The van der Waals surface area contributed by atoms with Crippen LogP contribution in [-0.2, 0) is 4.79 Å². The van der Waals surface area contributed by atoms with E-state index in [9.17, 15) is 9.59 Å². The Morgan fingerprint density at radius 1 is 1.32 bits per heavy atom. The van der Waals surface area contributed by atoms with Gasteiger partial charge in [-0.25, -0.2) is 0 Å². The minimum atomic E-state index is -0.516. The van der Waals surface area contributed by atoms with Crippen LogP contribution in [0.25, 0.3) is 0 Å². The zero-order valence-electron chi connectivity index (χ0n) is 11.4. The Morgan fingerprint density at radius 3 is 2.68 bits per heavy atom. The molecule has 0 saturated heterocycles. The number of nitrogens with one attached hydrogen (secondary N) is 2. The molecule has 0 spiro atoms. The smallest absolute Gasteiger partial charge is 0.251 e. The lowest BCUT2D eigenvalue weighted by atomic mass is 10.1. The van der Waals surface area contributed by atoms with Gasteiger partial charge in [-0.15, -0.1) is 0 Å². The van der Waals surface area contributed by atoms with Crippen LogP contribution in [0.2, 0.25) is 0 Å². The van der Waals surface area contributed by atoms with Crippen molar-refractivity contribution in [1.29, 1.82) is 0 Å². The molecule has 1 rings (SSSR count). The molecule has 0 aliphatic heterocycles. The van der Waals surface area contributed by atoms with Crippen molar-refractivity contribution in [3.8, 4) is 0 Å². The molecule has 0 heterocycles. The number of nitrogens with two attached hydrogens (primary N) is 1. The first-order valence-electron chi connectivity index (χ1n) is 6.53. The van der Waals surface area contributed by atoms with Gasteiger partial charge >= 0.3 is 0 Å². The summed E-state index contributed by atoms with van der Waals surface area (Å²) in [7, 11) is 0. The van der Waals surface area contributed by atoms with Gasteiger partial charge in [-0.3, -0.25) is 9.59 Å². The van der Waals surface area contributed by atoms with Crippen LogP contribution >= 0.6 is 0 Å². The largest absolute Gasteiger partial charge is 0.352 e. The third kappa shape index (κ3) is 4.71. The van der Waals surface area contributed by atoms with E-state index in [0.717, 1.165) is 6.42 Å². The van der Waals surface area contributed by atoms with Crippen molar-refractivity contribution in [2.24, 2.45) is 5.73 Å². The highest BCUT2D eigenvalue weighted by Gasteiger charge is 2.13. The van der Waals surface area contributed by atoms with Gasteiger partial charge < -0.3 is 16.4 Å². The number of hydrogen-bond acceptors (Lipinski definition) is 3. The van der Waals surface area contributed by atoms with E-state index in [2.05, 4.69) is 10.6 Å². The van der Waals surface area contributed by atoms with Crippen LogP contribution in [0, 0.1) is 0 Å². The monoisotopic (exact) mass is 263 g/mol. The molecular weight excluding hydrogens is 242 g/mol. The molecule has 0 aromatic heterocycles. The summed E-state index contributed by atoms with van der Waals surface area (Å²) in [6.07, 6.45) is 1.50. The Bertz CT molecular complexity index is 446. The number of carbonyl (C=O) groups excluding carboxylic acids is 2. The minimum absolute atomic E-state index is 0.156. The van der Waals surface area contributed by atoms with Crippen molar-refractivity contribution >= 4 is 17.5 Å². The number of rotatable bonds is 6. The predicted octanol–water partition coefficient (Wildman–Crippen LogP) is 1.50. The molecule has 1 atom stereocenters. The van der Waals surface area contributed by atoms with Crippen molar-refractivity contribution < 1.29 is 9.59 Å². The molecule has 1 aromatic carbocycles. The summed E-state index contributed by atoms with van der Waals surface area (Å²) in [4.78, 5) is 23.4. The summed E-state index contributed by atoms with van der Waals surface area (Å²) in [5, 5.41) is 5.43. The zero-order valence-corrected chi connectivity index (χ0v) is 11.4. The lowest BCUT2D eigenvalue weighted by Gasteiger charge is -2.12. The molecule has 4 N–H and O–H groups in total. The fourth-order valence-corrected chi connectivity index (χ4v) is 1.68. The second-order valence-electron chi connectivity index (χ2n) is 4.32. The van der Waals surface area contributed by atoms with Crippen molar-refractivity contribution in [3.05, 3.63) is 29.8 Å². The molecule has 0 unspecified atom stereocenters. The van der Waals surface area contributed by atoms with Crippen LogP contribution in [0.5, 0.6) is 0 Å². The molecule has 0 bridgehead atoms. The van der Waals surface area contributed by atoms with Gasteiger partial charge in [0.25, 0.3) is 5.91 Å². The van der Waals surface area contributed by atoms with Crippen molar-refractivity contribution in [3.63, 3.8) is 0 Å². The van der Waals surface area contributed by atoms with E-state index >= 15 is 0 Å². The fourth-order valence-electron chi connectivity index (χ4n) is 1.68. The van der Waals surface area contributed by atoms with Gasteiger partial charge in [-0.2, -0.15) is 0 Å². The maximum atomic E-state index is 11.8. The van der Waals surface area contributed by atoms with Crippen LogP contribution in [0.1, 0.15) is 37.0 Å². The Labute approximate surface area is 113 Å². The van der Waals surface area contributed by atoms with Gasteiger partial charge in [0, 0.05) is 17.8 Å². The molecule has 2 amide bonds. The van der Waals surface area contributed by atoms with Gasteiger partial charge in [-0.05, 0) is 31.5 Å². The van der Waals surface area contributed by atoms with E-state index in [1.165, 1.54) is 0 Å². The molecule has 0 radical (unpaired) electrons. The second kappa shape index (κ2) is 7.53. The first kappa shape index (κ1) is 15.2. The molecule has 0 aliphatic carbocycles. The Hall–Kier alpha value is -1.88. The zero-order chi connectivity index (χ0) is 14.3. The summed E-state index contributed by atoms with van der Waals surface area (Å²) < 4.78 is 0. The summed E-state index contributed by atoms with van der Waals surface area (Å²) in [5.74, 6) is -0.383. The number of anilines is 1. The quantitative estimate of drug-likeness (QED) is 0.727. The Balaban J connectivity index is 2.72. The summed E-state index contributed by atoms with van der Waals surface area (Å²) >= 11 is 0. The standard InChI is InChI=1S/C14H21N3O2/c1-3-6-12(15)14(19)17-11-8-5-7-10(9-11)13(18)16-4-2/h5,7-9,12H,3-4,6,15H2,1-2H3,(H,16,18)(H,17,19)/t12-/m1/s1. The first-order valence-corrected chi connectivity index (χ1v) is 6.53. The molecule has 5 heteroatoms. The van der Waals surface area contributed by atoms with Gasteiger partial charge in [0.15, 0.2) is 0 Å². The summed E-state index contributed by atoms with van der Waals surface area (Å²) in [6.45, 7) is 4.40. The highest BCUT2D eigenvalue weighted by atomic mass is 16.2. The number of carbonyl (C=O) groups is 2. The second-order valence-corrected chi connectivity index (χ2v) is 4.32. The van der Waals surface area contributed by atoms with Crippen LogP contribution < -0.4 is 16.4 Å². The molecule has 0 fully saturated rings. The lowest BCUT2D eigenvalue weighted by molar-refractivity contribution is -0.117. The van der Waals surface area contributed by atoms with Crippen molar-refractivity contribution in [1.82, 2.24) is 5.32 Å². The molecule has 0 aliphatic rings. The fraction of sp³-hybridized carbons (Fsp3) is 0.429. The minimum Gasteiger partial charge on any atom is -0.352 e. The molecule has 5 nitrogen and oxygen atoms in total. The highest BCUT2D eigenvalue weighted by Crippen LogP contribution is 2.11. The van der Waals surface area contributed by atoms with E-state index < -0.39 is 6.04 Å². The van der Waals surface area contributed by atoms with E-state index in [0.29, 0.717) is 24.2 Å². The van der Waals surface area contributed by atoms with Crippen LogP contribution in [0.15, 0.2) is 24.3 Å². The SMILES string of the molecule is CCC[C@@H](N)C(=O)Nc1cccc(C(=O)NCC)c1. The number of amides is 2. The normalized spacial score (nSPS) is 11.7. The Morgan fingerprint density at radius 2 is 2.05 bits per heavy atom. The number of hydrogen-bond donors (Lipinski definition) is 3. The molecule has 1 aromatic rings. The Kier molecular flexibility index (Phi) is 6.02. The topological polar surface area (TPSA) is 84.2 Å². The van der Waals surface area contributed by atoms with E-state index in [-0.39, 0.29) is 11.8 Å². The molecule has 0 saturated carbocycles. The predicted molar refractivity (Wildman–Crippen MR) is 76.0 cm³/mol. The van der Waals surface area contributed by atoms with Crippen LogP contribution in [0.3, 0.4) is 0 Å². The summed E-state index contributed by atoms with van der Waals surface area (Å²) in [6, 6.07) is 6.29. The van der Waals surface area contributed by atoms with Gasteiger partial charge in [0.1, 0.15) is 0 Å². The highest BCUT2D eigenvalue weighted by molar-refractivity contribution is 5.98. The average Bonchev–Trinajstić information content (AvgIpc) is 2.39. The number of benzene rings is 1. The van der Waals surface area contributed by atoms with Gasteiger partial charge in [0.05, 0.1) is 6.04 Å². The molecular formula is C14H21N3O2. The summed E-state index contributed by atoms with van der Waals surface area (Å²) in [5.41, 5.74) is 6.83. The van der Waals surface area contributed by atoms with Crippen molar-refractivity contribution in [2.75, 3.05) is 11.9 Å². The van der Waals surface area contributed by atoms with E-state index in [1.54, 1.807) is 24.3 Å². The first-order chi connectivity index (χ1) is 9.08. The van der Waals surface area contributed by atoms with Gasteiger partial charge in [0.2, 0.25) is 5.91 Å². The molecule has 104 valence electrons. The van der Waals surface area contributed by atoms with E-state index in [1.807, 2.05) is 13.8 Å². The third-order valence-electron chi connectivity index (χ3n) is 2.67. The third-order valence-corrected chi connectivity index (χ3v) is 2.67. The van der Waals surface area contributed by atoms with Crippen LogP contribution in [0.4, 0.5) is 5.69 Å². The van der Waals surface area contributed by atoms with E-state index in [4.69, 9.17) is 5.73 Å². The lowest BCUT2D eigenvalue weighted by Crippen LogP contribution is -2.35. The maximum Gasteiger partial charge on any atom is 0.251 e. The molecule has 19 heavy (non-hydrogen) atoms. The van der Waals surface area contributed by atoms with Crippen LogP contribution in [-0.4, -0.2) is 24.4 Å². The van der Waals surface area contributed by atoms with Crippen molar-refractivity contribution in [2.45, 2.75) is 32.7 Å². The maximum absolute atomic E-state index is 11.8. The average molecular weight is 263 g/mol.